The summed E-state index contributed by atoms with van der Waals surface area (Å²) in [7, 11) is -4.71. The summed E-state index contributed by atoms with van der Waals surface area (Å²) in [5.74, 6) is -1.12. The number of hydrogen-bond donors (Lipinski definition) is 0. The molecule has 27 heavy (non-hydrogen) atoms. The third-order valence-corrected chi connectivity index (χ3v) is 6.08. The Kier molecular flexibility index (Phi) is 4.06. The molecule has 4 rings (SSSR count). The molecule has 3 aromatic carbocycles. The summed E-state index contributed by atoms with van der Waals surface area (Å²) >= 11 is 1.52. The largest absolute Gasteiger partial charge is 0.744 e. The number of hydrogen-bond acceptors (Lipinski definition) is 6. The van der Waals surface area contributed by atoms with Crippen LogP contribution in [0.2, 0.25) is 0 Å². The number of carbonyl (C=O) groups excluding carboxylic acids is 2. The SMILES string of the molecule is CSc1ccc2c3c(cccc13)C(=O)N(c1cccc(S(=O)(=O)[O-])c1)C2=O. The molecule has 8 heteroatoms. The summed E-state index contributed by atoms with van der Waals surface area (Å²) in [6, 6.07) is 13.6. The van der Waals surface area contributed by atoms with Crippen molar-refractivity contribution in [3.63, 3.8) is 0 Å². The highest BCUT2D eigenvalue weighted by molar-refractivity contribution is 7.98. The van der Waals surface area contributed by atoms with E-state index in [2.05, 4.69) is 0 Å². The van der Waals surface area contributed by atoms with Crippen LogP contribution in [0.1, 0.15) is 20.7 Å². The van der Waals surface area contributed by atoms with E-state index < -0.39 is 26.8 Å². The van der Waals surface area contributed by atoms with Gasteiger partial charge in [0, 0.05) is 21.4 Å². The fourth-order valence-electron chi connectivity index (χ4n) is 3.26. The molecule has 0 aromatic heterocycles. The molecule has 0 saturated carbocycles. The molecule has 0 atom stereocenters. The fraction of sp³-hybridized carbons (Fsp3) is 0.0526. The summed E-state index contributed by atoms with van der Waals surface area (Å²) in [5.41, 5.74) is 0.750. The van der Waals surface area contributed by atoms with Crippen molar-refractivity contribution >= 4 is 50.2 Å². The molecule has 0 N–H and O–H groups in total. The second kappa shape index (κ2) is 6.19. The first kappa shape index (κ1) is 17.7. The monoisotopic (exact) mass is 398 g/mol. The third kappa shape index (κ3) is 2.73. The van der Waals surface area contributed by atoms with E-state index in [1.165, 1.54) is 23.9 Å². The molecule has 2 amide bonds. The molecule has 0 fully saturated rings. The molecule has 0 radical (unpaired) electrons. The van der Waals surface area contributed by atoms with Crippen LogP contribution in [-0.2, 0) is 10.1 Å². The van der Waals surface area contributed by atoms with Crippen molar-refractivity contribution in [2.75, 3.05) is 11.2 Å². The van der Waals surface area contributed by atoms with Crippen LogP contribution in [0.15, 0.2) is 64.4 Å². The Morgan fingerprint density at radius 1 is 0.926 bits per heavy atom. The van der Waals surface area contributed by atoms with Crippen molar-refractivity contribution in [2.45, 2.75) is 9.79 Å². The van der Waals surface area contributed by atoms with Crippen LogP contribution in [0.5, 0.6) is 0 Å². The van der Waals surface area contributed by atoms with Crippen LogP contribution in [0, 0.1) is 0 Å². The Hall–Kier alpha value is -2.68. The third-order valence-electron chi connectivity index (χ3n) is 4.45. The van der Waals surface area contributed by atoms with Crippen molar-refractivity contribution < 1.29 is 22.6 Å². The Morgan fingerprint density at radius 3 is 2.26 bits per heavy atom. The van der Waals surface area contributed by atoms with Gasteiger partial charge in [-0.15, -0.1) is 11.8 Å². The average Bonchev–Trinajstić information content (AvgIpc) is 2.65. The van der Waals surface area contributed by atoms with Crippen molar-refractivity contribution in [3.05, 3.63) is 65.7 Å². The van der Waals surface area contributed by atoms with Gasteiger partial charge in [-0.2, -0.15) is 0 Å². The lowest BCUT2D eigenvalue weighted by Gasteiger charge is -2.28. The van der Waals surface area contributed by atoms with Crippen LogP contribution in [0.3, 0.4) is 0 Å². The van der Waals surface area contributed by atoms with Crippen LogP contribution in [0.4, 0.5) is 5.69 Å². The average molecular weight is 398 g/mol. The van der Waals surface area contributed by atoms with Gasteiger partial charge >= 0.3 is 0 Å². The van der Waals surface area contributed by atoms with E-state index in [0.29, 0.717) is 16.5 Å². The second-order valence-electron chi connectivity index (χ2n) is 5.94. The Bertz CT molecular complexity index is 1210. The van der Waals surface area contributed by atoms with Crippen LogP contribution < -0.4 is 4.90 Å². The highest BCUT2D eigenvalue weighted by Gasteiger charge is 2.34. The van der Waals surface area contributed by atoms with E-state index in [0.717, 1.165) is 27.3 Å². The molecule has 0 bridgehead atoms. The number of thioether (sulfide) groups is 1. The lowest BCUT2D eigenvalue weighted by atomic mass is 9.93. The zero-order valence-corrected chi connectivity index (χ0v) is 15.6. The van der Waals surface area contributed by atoms with Gasteiger partial charge in [0.05, 0.1) is 10.6 Å². The smallest absolute Gasteiger partial charge is 0.265 e. The first-order chi connectivity index (χ1) is 12.8. The molecular weight excluding hydrogens is 386 g/mol. The number of rotatable bonds is 3. The second-order valence-corrected chi connectivity index (χ2v) is 8.17. The van der Waals surface area contributed by atoms with Gasteiger partial charge in [-0.05, 0) is 48.0 Å². The van der Waals surface area contributed by atoms with Gasteiger partial charge in [-0.3, -0.25) is 9.59 Å². The molecule has 3 aromatic rings. The molecule has 1 aliphatic heterocycles. The van der Waals surface area contributed by atoms with Gasteiger partial charge < -0.3 is 4.55 Å². The molecule has 0 saturated heterocycles. The zero-order valence-electron chi connectivity index (χ0n) is 14.0. The van der Waals surface area contributed by atoms with Crippen molar-refractivity contribution in [3.8, 4) is 0 Å². The zero-order chi connectivity index (χ0) is 19.3. The summed E-state index contributed by atoms with van der Waals surface area (Å²) in [6.45, 7) is 0. The highest BCUT2D eigenvalue weighted by atomic mass is 32.2. The normalized spacial score (nSPS) is 14.1. The number of imide groups is 1. The van der Waals surface area contributed by atoms with E-state index in [4.69, 9.17) is 0 Å². The summed E-state index contributed by atoms with van der Waals surface area (Å²) < 4.78 is 33.9. The lowest BCUT2D eigenvalue weighted by molar-refractivity contribution is 0.0893. The number of carbonyl (C=O) groups is 2. The molecule has 6 nitrogen and oxygen atoms in total. The van der Waals surface area contributed by atoms with Gasteiger partial charge in [-0.25, -0.2) is 13.3 Å². The molecule has 0 spiro atoms. The Labute approximate surface area is 159 Å². The molecule has 0 unspecified atom stereocenters. The van der Waals surface area contributed by atoms with Crippen molar-refractivity contribution in [1.29, 1.82) is 0 Å². The minimum atomic E-state index is -4.71. The number of amides is 2. The van der Waals surface area contributed by atoms with Gasteiger partial charge in [-0.1, -0.05) is 18.2 Å². The van der Waals surface area contributed by atoms with Gasteiger partial charge in [0.2, 0.25) is 0 Å². The maximum atomic E-state index is 13.0. The Balaban J connectivity index is 1.95. The van der Waals surface area contributed by atoms with Gasteiger partial charge in [0.1, 0.15) is 10.1 Å². The first-order valence-electron chi connectivity index (χ1n) is 7.87. The molecule has 136 valence electrons. The van der Waals surface area contributed by atoms with Gasteiger partial charge in [0.25, 0.3) is 11.8 Å². The van der Waals surface area contributed by atoms with E-state index in [9.17, 15) is 22.6 Å². The topological polar surface area (TPSA) is 94.6 Å². The highest BCUT2D eigenvalue weighted by Crippen LogP contribution is 2.37. The van der Waals surface area contributed by atoms with Crippen LogP contribution in [0.25, 0.3) is 10.8 Å². The molecule has 1 aliphatic rings. The van der Waals surface area contributed by atoms with Crippen molar-refractivity contribution in [2.24, 2.45) is 0 Å². The summed E-state index contributed by atoms with van der Waals surface area (Å²) in [4.78, 5) is 27.4. The predicted molar refractivity (Wildman–Crippen MR) is 101 cm³/mol. The van der Waals surface area contributed by atoms with E-state index in [-0.39, 0.29) is 5.69 Å². The number of benzene rings is 3. The minimum absolute atomic E-state index is 0.0403. The van der Waals surface area contributed by atoms with Crippen LogP contribution in [-0.4, -0.2) is 31.0 Å². The Morgan fingerprint density at radius 2 is 1.59 bits per heavy atom. The van der Waals surface area contributed by atoms with E-state index >= 15 is 0 Å². The van der Waals surface area contributed by atoms with E-state index in [1.54, 1.807) is 18.2 Å². The lowest BCUT2D eigenvalue weighted by Crippen LogP contribution is -2.40. The molecule has 1 heterocycles. The maximum absolute atomic E-state index is 13.0. The molecule has 0 aliphatic carbocycles. The quantitative estimate of drug-likeness (QED) is 0.382. The predicted octanol–water partition coefficient (Wildman–Crippen LogP) is 3.27. The number of anilines is 1. The summed E-state index contributed by atoms with van der Waals surface area (Å²) in [6.07, 6.45) is 1.91. The first-order valence-corrected chi connectivity index (χ1v) is 10.5. The van der Waals surface area contributed by atoms with E-state index in [1.807, 2.05) is 18.4 Å². The summed E-state index contributed by atoms with van der Waals surface area (Å²) in [5, 5.41) is 1.40. The van der Waals surface area contributed by atoms with Crippen LogP contribution >= 0.6 is 11.8 Å². The molecular formula is C19H12NO5S2-. The standard InChI is InChI=1S/C19H13NO5S2/c1-26-16-9-8-15-17-13(16)6-3-7-14(17)18(21)20(19(15)22)11-4-2-5-12(10-11)27(23,24)25/h2-10H,1H3,(H,23,24,25)/p-1. The fourth-order valence-corrected chi connectivity index (χ4v) is 4.36. The minimum Gasteiger partial charge on any atom is -0.744 e. The number of nitrogens with zero attached hydrogens (tertiary/aromatic N) is 1. The van der Waals surface area contributed by atoms with Crippen molar-refractivity contribution in [1.82, 2.24) is 0 Å². The maximum Gasteiger partial charge on any atom is 0.265 e. The van der Waals surface area contributed by atoms with Gasteiger partial charge in [0.15, 0.2) is 0 Å².